The molecule has 0 aliphatic rings. The number of hydrogen-bond donors (Lipinski definition) is 1. The van der Waals surface area contributed by atoms with Gasteiger partial charge in [0.15, 0.2) is 0 Å². The molecule has 0 radical (unpaired) electrons. The summed E-state index contributed by atoms with van der Waals surface area (Å²) < 4.78 is 5.22. The third-order valence-corrected chi connectivity index (χ3v) is 1.81. The van der Waals surface area contributed by atoms with E-state index in [0.717, 1.165) is 12.2 Å². The SMILES string of the molecule is C#CCOc1ccc(CNC(C)C)nc1. The van der Waals surface area contributed by atoms with E-state index in [1.807, 2.05) is 12.1 Å². The lowest BCUT2D eigenvalue weighted by Crippen LogP contribution is -2.22. The normalized spacial score (nSPS) is 10.0. The van der Waals surface area contributed by atoms with Crippen molar-refractivity contribution in [1.82, 2.24) is 10.3 Å². The van der Waals surface area contributed by atoms with Crippen molar-refractivity contribution in [1.29, 1.82) is 0 Å². The molecule has 1 aromatic heterocycles. The topological polar surface area (TPSA) is 34.1 Å². The van der Waals surface area contributed by atoms with Crippen LogP contribution in [0, 0.1) is 12.3 Å². The summed E-state index contributed by atoms with van der Waals surface area (Å²) in [4.78, 5) is 4.25. The fraction of sp³-hybridized carbons (Fsp3) is 0.417. The van der Waals surface area contributed by atoms with Gasteiger partial charge < -0.3 is 10.1 Å². The van der Waals surface area contributed by atoms with Crippen molar-refractivity contribution in [3.63, 3.8) is 0 Å². The van der Waals surface area contributed by atoms with Crippen LogP contribution in [-0.2, 0) is 6.54 Å². The average Bonchev–Trinajstić information content (AvgIpc) is 2.25. The van der Waals surface area contributed by atoms with Gasteiger partial charge in [-0.2, -0.15) is 0 Å². The summed E-state index contributed by atoms with van der Waals surface area (Å²) in [5, 5.41) is 3.29. The molecule has 0 atom stereocenters. The summed E-state index contributed by atoms with van der Waals surface area (Å²) >= 11 is 0. The van der Waals surface area contributed by atoms with Crippen LogP contribution in [-0.4, -0.2) is 17.6 Å². The van der Waals surface area contributed by atoms with Gasteiger partial charge in [-0.05, 0) is 12.1 Å². The van der Waals surface area contributed by atoms with Crippen LogP contribution in [0.1, 0.15) is 19.5 Å². The number of hydrogen-bond acceptors (Lipinski definition) is 3. The highest BCUT2D eigenvalue weighted by molar-refractivity contribution is 5.20. The van der Waals surface area contributed by atoms with Crippen molar-refractivity contribution in [2.24, 2.45) is 0 Å². The van der Waals surface area contributed by atoms with Crippen molar-refractivity contribution in [2.75, 3.05) is 6.61 Å². The van der Waals surface area contributed by atoms with E-state index in [1.54, 1.807) is 6.20 Å². The largest absolute Gasteiger partial charge is 0.479 e. The van der Waals surface area contributed by atoms with Gasteiger partial charge in [-0.25, -0.2) is 0 Å². The van der Waals surface area contributed by atoms with E-state index in [9.17, 15) is 0 Å². The summed E-state index contributed by atoms with van der Waals surface area (Å²) in [7, 11) is 0. The van der Waals surface area contributed by atoms with Crippen LogP contribution in [0.25, 0.3) is 0 Å². The molecule has 3 nitrogen and oxygen atoms in total. The standard InChI is InChI=1S/C12H16N2O/c1-4-7-15-12-6-5-11(14-9-12)8-13-10(2)3/h1,5-6,9-10,13H,7-8H2,2-3H3. The Morgan fingerprint density at radius 1 is 1.53 bits per heavy atom. The van der Waals surface area contributed by atoms with Crippen molar-refractivity contribution in [2.45, 2.75) is 26.4 Å². The van der Waals surface area contributed by atoms with Gasteiger partial charge in [0.05, 0.1) is 11.9 Å². The molecule has 0 aliphatic heterocycles. The monoisotopic (exact) mass is 204 g/mol. The highest BCUT2D eigenvalue weighted by atomic mass is 16.5. The van der Waals surface area contributed by atoms with E-state index in [0.29, 0.717) is 11.8 Å². The minimum absolute atomic E-state index is 0.283. The smallest absolute Gasteiger partial charge is 0.148 e. The van der Waals surface area contributed by atoms with Crippen LogP contribution >= 0.6 is 0 Å². The Labute approximate surface area is 90.9 Å². The number of rotatable bonds is 5. The highest BCUT2D eigenvalue weighted by Crippen LogP contribution is 2.08. The maximum absolute atomic E-state index is 5.22. The van der Waals surface area contributed by atoms with Crippen molar-refractivity contribution in [3.05, 3.63) is 24.0 Å². The molecule has 15 heavy (non-hydrogen) atoms. The van der Waals surface area contributed by atoms with Gasteiger partial charge >= 0.3 is 0 Å². The van der Waals surface area contributed by atoms with E-state index < -0.39 is 0 Å². The van der Waals surface area contributed by atoms with Crippen LogP contribution in [0.3, 0.4) is 0 Å². The zero-order valence-corrected chi connectivity index (χ0v) is 9.16. The second kappa shape index (κ2) is 6.05. The molecule has 0 saturated carbocycles. The Balaban J connectivity index is 2.46. The van der Waals surface area contributed by atoms with Gasteiger partial charge in [-0.15, -0.1) is 6.42 Å². The van der Waals surface area contributed by atoms with Gasteiger partial charge in [0.1, 0.15) is 12.4 Å². The molecule has 0 aromatic carbocycles. The Kier molecular flexibility index (Phi) is 4.65. The van der Waals surface area contributed by atoms with Crippen LogP contribution in [0.15, 0.2) is 18.3 Å². The van der Waals surface area contributed by atoms with Crippen molar-refractivity contribution >= 4 is 0 Å². The number of nitrogens with one attached hydrogen (secondary N) is 1. The number of aromatic nitrogens is 1. The second-order valence-electron chi connectivity index (χ2n) is 3.51. The van der Waals surface area contributed by atoms with Gasteiger partial charge in [0.25, 0.3) is 0 Å². The van der Waals surface area contributed by atoms with Gasteiger partial charge in [0, 0.05) is 12.6 Å². The second-order valence-corrected chi connectivity index (χ2v) is 3.51. The molecular formula is C12H16N2O. The van der Waals surface area contributed by atoms with Crippen molar-refractivity contribution in [3.8, 4) is 18.1 Å². The molecule has 3 heteroatoms. The summed E-state index contributed by atoms with van der Waals surface area (Å²) in [6, 6.07) is 4.27. The van der Waals surface area contributed by atoms with E-state index >= 15 is 0 Å². The Bertz CT molecular complexity index is 324. The first-order valence-corrected chi connectivity index (χ1v) is 4.97. The van der Waals surface area contributed by atoms with Gasteiger partial charge in [0.2, 0.25) is 0 Å². The van der Waals surface area contributed by atoms with E-state index in [2.05, 4.69) is 30.1 Å². The Morgan fingerprint density at radius 3 is 2.87 bits per heavy atom. The molecular weight excluding hydrogens is 188 g/mol. The molecule has 0 spiro atoms. The Hall–Kier alpha value is -1.53. The molecule has 1 heterocycles. The summed E-state index contributed by atoms with van der Waals surface area (Å²) in [6.07, 6.45) is 6.77. The number of ether oxygens (including phenoxy) is 1. The van der Waals surface area contributed by atoms with Crippen molar-refractivity contribution < 1.29 is 4.74 Å². The molecule has 1 aromatic rings. The number of nitrogens with zero attached hydrogens (tertiary/aromatic N) is 1. The number of terminal acetylenes is 1. The lowest BCUT2D eigenvalue weighted by atomic mass is 10.3. The molecule has 1 N–H and O–H groups in total. The van der Waals surface area contributed by atoms with E-state index in [4.69, 9.17) is 11.2 Å². The fourth-order valence-electron chi connectivity index (χ4n) is 1.03. The van der Waals surface area contributed by atoms with Crippen LogP contribution in [0.4, 0.5) is 0 Å². The van der Waals surface area contributed by atoms with E-state index in [-0.39, 0.29) is 6.61 Å². The number of pyridine rings is 1. The third-order valence-electron chi connectivity index (χ3n) is 1.81. The highest BCUT2D eigenvalue weighted by Gasteiger charge is 1.97. The lowest BCUT2D eigenvalue weighted by molar-refractivity contribution is 0.368. The first-order chi connectivity index (χ1) is 7.22. The maximum Gasteiger partial charge on any atom is 0.148 e. The molecule has 0 bridgehead atoms. The summed E-state index contributed by atoms with van der Waals surface area (Å²) in [6.45, 7) is 5.26. The molecule has 0 saturated heterocycles. The molecule has 0 unspecified atom stereocenters. The molecule has 0 aliphatic carbocycles. The van der Waals surface area contributed by atoms with Crippen LogP contribution < -0.4 is 10.1 Å². The predicted octanol–water partition coefficient (Wildman–Crippen LogP) is 1.59. The summed E-state index contributed by atoms with van der Waals surface area (Å²) in [5.74, 6) is 3.12. The van der Waals surface area contributed by atoms with Crippen LogP contribution in [0.2, 0.25) is 0 Å². The summed E-state index contributed by atoms with van der Waals surface area (Å²) in [5.41, 5.74) is 0.997. The molecule has 80 valence electrons. The average molecular weight is 204 g/mol. The quantitative estimate of drug-likeness (QED) is 0.740. The van der Waals surface area contributed by atoms with Gasteiger partial charge in [-0.1, -0.05) is 19.8 Å². The minimum Gasteiger partial charge on any atom is -0.479 e. The maximum atomic E-state index is 5.22. The first-order valence-electron chi connectivity index (χ1n) is 4.97. The lowest BCUT2D eigenvalue weighted by Gasteiger charge is -2.07. The zero-order valence-electron chi connectivity index (χ0n) is 9.16. The molecule has 0 fully saturated rings. The van der Waals surface area contributed by atoms with Gasteiger partial charge in [-0.3, -0.25) is 4.98 Å². The minimum atomic E-state index is 0.283. The molecule has 0 amide bonds. The van der Waals surface area contributed by atoms with Crippen LogP contribution in [0.5, 0.6) is 5.75 Å². The molecule has 1 rings (SSSR count). The first kappa shape index (κ1) is 11.5. The predicted molar refractivity (Wildman–Crippen MR) is 60.5 cm³/mol. The van der Waals surface area contributed by atoms with E-state index in [1.165, 1.54) is 0 Å². The zero-order chi connectivity index (χ0) is 11.1. The fourth-order valence-corrected chi connectivity index (χ4v) is 1.03. The third kappa shape index (κ3) is 4.48. The Morgan fingerprint density at radius 2 is 2.33 bits per heavy atom.